The minimum atomic E-state index is -0.0451. The fraction of sp³-hybridized carbons (Fsp3) is 0.750. The van der Waals surface area contributed by atoms with Crippen LogP contribution in [0, 0.1) is 6.92 Å². The second kappa shape index (κ2) is 6.38. The van der Waals surface area contributed by atoms with Crippen LogP contribution in [0.2, 0.25) is 0 Å². The van der Waals surface area contributed by atoms with E-state index >= 15 is 0 Å². The normalized spacial score (nSPS) is 29.1. The number of aromatic nitrogens is 1. The number of aryl methyl sites for hydroxylation is 1. The summed E-state index contributed by atoms with van der Waals surface area (Å²) in [4.78, 5) is 16.9. The number of nitrogens with zero attached hydrogens (tertiary/aromatic N) is 3. The fourth-order valence-electron chi connectivity index (χ4n) is 3.84. The van der Waals surface area contributed by atoms with E-state index in [2.05, 4.69) is 10.1 Å². The first-order valence-corrected chi connectivity index (χ1v) is 8.07. The number of ether oxygens (including phenoxy) is 1. The summed E-state index contributed by atoms with van der Waals surface area (Å²) in [6.45, 7) is 3.84. The predicted molar refractivity (Wildman–Crippen MR) is 81.7 cm³/mol. The van der Waals surface area contributed by atoms with Gasteiger partial charge in [0.05, 0.1) is 6.10 Å². The van der Waals surface area contributed by atoms with E-state index in [0.717, 1.165) is 32.4 Å². The molecular formula is C16H25N3O3. The van der Waals surface area contributed by atoms with E-state index in [9.17, 15) is 4.79 Å². The molecule has 1 saturated carbocycles. The maximum atomic E-state index is 12.6. The predicted octanol–water partition coefficient (Wildman–Crippen LogP) is 1.70. The number of methoxy groups -OCH3 is 1. The summed E-state index contributed by atoms with van der Waals surface area (Å²) in [6, 6.07) is 2.39. The second-order valence-corrected chi connectivity index (χ2v) is 6.45. The first-order valence-electron chi connectivity index (χ1n) is 8.07. The molecule has 0 radical (unpaired) electrons. The smallest absolute Gasteiger partial charge is 0.276 e. The van der Waals surface area contributed by atoms with Crippen molar-refractivity contribution < 1.29 is 14.1 Å². The van der Waals surface area contributed by atoms with Gasteiger partial charge in [0.2, 0.25) is 0 Å². The molecule has 1 aliphatic heterocycles. The Balaban J connectivity index is 1.68. The summed E-state index contributed by atoms with van der Waals surface area (Å²) in [5.74, 6) is 0.624. The van der Waals surface area contributed by atoms with E-state index in [-0.39, 0.29) is 11.9 Å². The molecule has 1 amide bonds. The molecule has 1 unspecified atom stereocenters. The zero-order valence-corrected chi connectivity index (χ0v) is 13.6. The van der Waals surface area contributed by atoms with Crippen LogP contribution in [0.15, 0.2) is 10.6 Å². The largest absolute Gasteiger partial charge is 0.380 e. The highest BCUT2D eigenvalue weighted by atomic mass is 16.5. The van der Waals surface area contributed by atoms with E-state index in [1.54, 1.807) is 20.1 Å². The number of likely N-dealkylation sites (tertiary alicyclic amines) is 1. The highest BCUT2D eigenvalue weighted by Crippen LogP contribution is 2.31. The van der Waals surface area contributed by atoms with Crippen LogP contribution in [0.3, 0.4) is 0 Å². The summed E-state index contributed by atoms with van der Waals surface area (Å²) in [7, 11) is 3.67. The number of hydrogen-bond acceptors (Lipinski definition) is 5. The number of amides is 1. The fourth-order valence-corrected chi connectivity index (χ4v) is 3.84. The van der Waals surface area contributed by atoms with Gasteiger partial charge in [0, 0.05) is 45.4 Å². The van der Waals surface area contributed by atoms with Gasteiger partial charge in [0.1, 0.15) is 5.76 Å². The Labute approximate surface area is 131 Å². The lowest BCUT2D eigenvalue weighted by molar-refractivity contribution is 0.0596. The van der Waals surface area contributed by atoms with Gasteiger partial charge >= 0.3 is 0 Å². The molecule has 0 N–H and O–H groups in total. The van der Waals surface area contributed by atoms with Crippen LogP contribution < -0.4 is 0 Å². The zero-order chi connectivity index (χ0) is 15.7. The van der Waals surface area contributed by atoms with Crippen molar-refractivity contribution in [1.82, 2.24) is 15.0 Å². The molecule has 2 heterocycles. The van der Waals surface area contributed by atoms with Gasteiger partial charge in [-0.15, -0.1) is 0 Å². The van der Waals surface area contributed by atoms with E-state index in [4.69, 9.17) is 9.26 Å². The van der Waals surface area contributed by atoms with Gasteiger partial charge < -0.3 is 14.2 Å². The van der Waals surface area contributed by atoms with Crippen molar-refractivity contribution in [3.05, 3.63) is 17.5 Å². The minimum Gasteiger partial charge on any atom is -0.380 e. The maximum absolute atomic E-state index is 12.6. The van der Waals surface area contributed by atoms with E-state index in [1.165, 1.54) is 6.42 Å². The van der Waals surface area contributed by atoms with Crippen molar-refractivity contribution in [3.8, 4) is 0 Å². The van der Waals surface area contributed by atoms with Gasteiger partial charge in [-0.2, -0.15) is 0 Å². The number of carbonyl (C=O) groups is 1. The van der Waals surface area contributed by atoms with E-state index < -0.39 is 0 Å². The van der Waals surface area contributed by atoms with E-state index in [0.29, 0.717) is 23.6 Å². The number of likely N-dealkylation sites (N-methyl/N-ethyl adjacent to an activating group) is 1. The average molecular weight is 307 g/mol. The molecule has 6 heteroatoms. The Bertz CT molecular complexity index is 530. The van der Waals surface area contributed by atoms with Crippen LogP contribution in [0.1, 0.15) is 41.9 Å². The highest BCUT2D eigenvalue weighted by Gasteiger charge is 2.39. The van der Waals surface area contributed by atoms with Crippen molar-refractivity contribution in [2.75, 3.05) is 27.2 Å². The van der Waals surface area contributed by atoms with Crippen LogP contribution >= 0.6 is 0 Å². The first kappa shape index (κ1) is 15.5. The molecule has 2 fully saturated rings. The van der Waals surface area contributed by atoms with Crippen LogP contribution in [-0.2, 0) is 4.74 Å². The summed E-state index contributed by atoms with van der Waals surface area (Å²) in [5.41, 5.74) is 0.404. The zero-order valence-electron chi connectivity index (χ0n) is 13.6. The Hall–Kier alpha value is -1.40. The molecule has 0 aromatic carbocycles. The van der Waals surface area contributed by atoms with Gasteiger partial charge in [-0.3, -0.25) is 9.69 Å². The van der Waals surface area contributed by atoms with Crippen molar-refractivity contribution in [2.24, 2.45) is 0 Å². The third kappa shape index (κ3) is 2.90. The Morgan fingerprint density at radius 2 is 2.27 bits per heavy atom. The average Bonchev–Trinajstić information content (AvgIpc) is 3.24. The van der Waals surface area contributed by atoms with Crippen molar-refractivity contribution >= 4 is 5.91 Å². The van der Waals surface area contributed by atoms with Crippen LogP contribution in [0.4, 0.5) is 0 Å². The third-order valence-corrected chi connectivity index (χ3v) is 5.09. The van der Waals surface area contributed by atoms with Crippen LogP contribution in [0.25, 0.3) is 0 Å². The van der Waals surface area contributed by atoms with Gasteiger partial charge in [-0.25, -0.2) is 0 Å². The molecule has 3 atom stereocenters. The molecule has 122 valence electrons. The number of rotatable bonds is 4. The van der Waals surface area contributed by atoms with Crippen LogP contribution in [-0.4, -0.2) is 66.3 Å². The Kier molecular flexibility index (Phi) is 4.49. The molecule has 2 aliphatic rings. The van der Waals surface area contributed by atoms with Gasteiger partial charge in [-0.1, -0.05) is 5.16 Å². The molecule has 22 heavy (non-hydrogen) atoms. The Morgan fingerprint density at radius 1 is 1.45 bits per heavy atom. The molecule has 1 aromatic heterocycles. The van der Waals surface area contributed by atoms with Gasteiger partial charge in [0.25, 0.3) is 5.91 Å². The van der Waals surface area contributed by atoms with Crippen molar-refractivity contribution in [3.63, 3.8) is 0 Å². The summed E-state index contributed by atoms with van der Waals surface area (Å²) in [6.07, 6.45) is 4.79. The molecule has 0 spiro atoms. The summed E-state index contributed by atoms with van der Waals surface area (Å²) < 4.78 is 10.5. The first-order chi connectivity index (χ1) is 10.6. The standard InChI is InChI=1S/C16H25N3O3/c1-11-9-13(17-22-11)16(20)18(2)14-5-4-6-15(14)19-8-7-12(10-19)21-3/h9,12,14-15H,4-8,10H2,1-3H3/t12?,14-,15+/m1/s1. The van der Waals surface area contributed by atoms with E-state index in [1.807, 2.05) is 11.9 Å². The SMILES string of the molecule is COC1CCN([C@H]2CCC[C@H]2N(C)C(=O)c2cc(C)on2)C1. The highest BCUT2D eigenvalue weighted by molar-refractivity contribution is 5.92. The second-order valence-electron chi connectivity index (χ2n) is 6.45. The van der Waals surface area contributed by atoms with Crippen molar-refractivity contribution in [2.45, 2.75) is 50.8 Å². The molecule has 1 aromatic rings. The molecule has 6 nitrogen and oxygen atoms in total. The molecule has 1 aliphatic carbocycles. The maximum Gasteiger partial charge on any atom is 0.276 e. The lowest BCUT2D eigenvalue weighted by Crippen LogP contribution is -2.49. The summed E-state index contributed by atoms with van der Waals surface area (Å²) in [5, 5.41) is 3.86. The number of carbonyl (C=O) groups excluding carboxylic acids is 1. The number of hydrogen-bond donors (Lipinski definition) is 0. The summed E-state index contributed by atoms with van der Waals surface area (Å²) >= 11 is 0. The van der Waals surface area contributed by atoms with Crippen LogP contribution in [0.5, 0.6) is 0 Å². The molecule has 3 rings (SSSR count). The third-order valence-electron chi connectivity index (χ3n) is 5.09. The molecular weight excluding hydrogens is 282 g/mol. The van der Waals surface area contributed by atoms with Crippen molar-refractivity contribution in [1.29, 1.82) is 0 Å². The van der Waals surface area contributed by atoms with Gasteiger partial charge in [0.15, 0.2) is 5.69 Å². The lowest BCUT2D eigenvalue weighted by atomic mass is 10.1. The Morgan fingerprint density at radius 3 is 2.91 bits per heavy atom. The topological polar surface area (TPSA) is 58.8 Å². The lowest BCUT2D eigenvalue weighted by Gasteiger charge is -2.34. The molecule has 0 bridgehead atoms. The van der Waals surface area contributed by atoms with Gasteiger partial charge in [-0.05, 0) is 32.6 Å². The minimum absolute atomic E-state index is 0.0451. The monoisotopic (exact) mass is 307 g/mol. The quantitative estimate of drug-likeness (QED) is 0.847. The molecule has 1 saturated heterocycles.